The number of quaternary nitrogens is 1. The second-order valence-corrected chi connectivity index (χ2v) is 15.7. The van der Waals surface area contributed by atoms with Crippen molar-refractivity contribution in [2.45, 2.75) is 123 Å². The zero-order chi connectivity index (χ0) is 29.0. The summed E-state index contributed by atoms with van der Waals surface area (Å²) in [5.74, 6) is 2.35. The molecule has 4 aliphatic carbocycles. The third-order valence-corrected chi connectivity index (χ3v) is 13.6. The number of halogens is 1. The molecule has 240 valence electrons. The molecule has 8 heteroatoms. The smallest absolute Gasteiger partial charge is 0.303 e. The maximum Gasteiger partial charge on any atom is 0.303 e. The molecule has 0 amide bonds. The summed E-state index contributed by atoms with van der Waals surface area (Å²) in [5, 5.41) is 0. The summed E-state index contributed by atoms with van der Waals surface area (Å²) in [7, 11) is 2.48. The summed E-state index contributed by atoms with van der Waals surface area (Å²) in [5.41, 5.74) is 0.312. The van der Waals surface area contributed by atoms with E-state index in [-0.39, 0.29) is 58.0 Å². The first-order valence-electron chi connectivity index (χ1n) is 17.1. The molecule has 6 rings (SSSR count). The minimum Gasteiger partial charge on any atom is -1.00 e. The van der Waals surface area contributed by atoms with Gasteiger partial charge in [0.25, 0.3) is 0 Å². The first-order valence-corrected chi connectivity index (χ1v) is 17.1. The Morgan fingerprint density at radius 2 is 1.52 bits per heavy atom. The highest BCUT2D eigenvalue weighted by atomic mass is 79.9. The molecule has 0 aromatic rings. The Morgan fingerprint density at radius 1 is 0.857 bits per heavy atom. The van der Waals surface area contributed by atoms with E-state index in [1.165, 1.54) is 64.5 Å². The third kappa shape index (κ3) is 5.73. The molecule has 0 N–H and O–H groups in total. The van der Waals surface area contributed by atoms with Gasteiger partial charge in [-0.15, -0.1) is 0 Å². The SMILES string of the molecule is CC(=O)O[C@H]1C[C@@H]2CC[C@@H]3[C@H](CC[C@@]4(C)[C@H]3C[C@H]([N+]3(C)CCCCCC3)[C@@H]4OC(C)=O)[C@@]2(C)C[C@@H]1N1CCOCC1.[Br-]. The number of fused-ring (bicyclic) bond motifs is 5. The quantitative estimate of drug-likeness (QED) is 0.343. The van der Waals surface area contributed by atoms with Gasteiger partial charge in [0.1, 0.15) is 12.1 Å². The maximum absolute atomic E-state index is 12.6. The molecule has 42 heavy (non-hydrogen) atoms. The highest BCUT2D eigenvalue weighted by Gasteiger charge is 2.67. The minimum absolute atomic E-state index is 0. The van der Waals surface area contributed by atoms with Crippen molar-refractivity contribution < 1.29 is 45.3 Å². The average Bonchev–Trinajstić information content (AvgIpc) is 3.06. The monoisotopic (exact) mass is 652 g/mol. The number of carbonyl (C=O) groups excluding carboxylic acids is 2. The van der Waals surface area contributed by atoms with Gasteiger partial charge in [-0.2, -0.15) is 0 Å². The topological polar surface area (TPSA) is 65.1 Å². The molecule has 0 bridgehead atoms. The summed E-state index contributed by atoms with van der Waals surface area (Å²) >= 11 is 0. The van der Waals surface area contributed by atoms with Crippen molar-refractivity contribution in [2.75, 3.05) is 46.4 Å². The fraction of sp³-hybridized carbons (Fsp3) is 0.941. The van der Waals surface area contributed by atoms with Crippen LogP contribution in [-0.2, 0) is 23.8 Å². The van der Waals surface area contributed by atoms with Crippen molar-refractivity contribution in [1.29, 1.82) is 0 Å². The lowest BCUT2D eigenvalue weighted by Crippen LogP contribution is -3.00. The van der Waals surface area contributed by atoms with Crippen molar-refractivity contribution in [3.8, 4) is 0 Å². The van der Waals surface area contributed by atoms with Gasteiger partial charge < -0.3 is 35.7 Å². The van der Waals surface area contributed by atoms with Gasteiger partial charge in [0.15, 0.2) is 6.10 Å². The van der Waals surface area contributed by atoms with E-state index in [2.05, 4.69) is 25.8 Å². The van der Waals surface area contributed by atoms with Gasteiger partial charge >= 0.3 is 11.9 Å². The first-order chi connectivity index (χ1) is 19.5. The lowest BCUT2D eigenvalue weighted by molar-refractivity contribution is -0.935. The van der Waals surface area contributed by atoms with Gasteiger partial charge in [0.2, 0.25) is 0 Å². The summed E-state index contributed by atoms with van der Waals surface area (Å²) in [6.07, 6.45) is 13.5. The van der Waals surface area contributed by atoms with Crippen LogP contribution in [-0.4, -0.2) is 92.1 Å². The van der Waals surface area contributed by atoms with E-state index in [0.29, 0.717) is 29.7 Å². The number of likely N-dealkylation sites (N-methyl/N-ethyl adjacent to an activating group) is 1. The fourth-order valence-corrected chi connectivity index (χ4v) is 11.6. The molecule has 0 radical (unpaired) electrons. The average molecular weight is 654 g/mol. The van der Waals surface area contributed by atoms with E-state index in [4.69, 9.17) is 14.2 Å². The zero-order valence-corrected chi connectivity index (χ0v) is 28.5. The Labute approximate surface area is 265 Å². The van der Waals surface area contributed by atoms with Crippen LogP contribution in [0, 0.1) is 34.5 Å². The number of rotatable bonds is 4. The lowest BCUT2D eigenvalue weighted by atomic mass is 9.44. The summed E-state index contributed by atoms with van der Waals surface area (Å²) < 4.78 is 19.2. The number of hydrogen-bond acceptors (Lipinski definition) is 6. The van der Waals surface area contributed by atoms with Crippen LogP contribution >= 0.6 is 0 Å². The molecular weight excluding hydrogens is 596 g/mol. The van der Waals surface area contributed by atoms with E-state index in [1.807, 2.05) is 0 Å². The van der Waals surface area contributed by atoms with E-state index in [9.17, 15) is 9.59 Å². The molecule has 6 aliphatic rings. The van der Waals surface area contributed by atoms with Crippen molar-refractivity contribution >= 4 is 11.9 Å². The van der Waals surface area contributed by atoms with Gasteiger partial charge in [-0.3, -0.25) is 14.5 Å². The fourth-order valence-electron chi connectivity index (χ4n) is 11.6. The normalized spacial score (nSPS) is 45.3. The van der Waals surface area contributed by atoms with Crippen LogP contribution < -0.4 is 17.0 Å². The van der Waals surface area contributed by atoms with Crippen LogP contribution in [0.1, 0.15) is 98.3 Å². The highest BCUT2D eigenvalue weighted by Crippen LogP contribution is 2.67. The van der Waals surface area contributed by atoms with Gasteiger partial charge in [0.05, 0.1) is 33.4 Å². The Hall–Kier alpha value is -0.700. The molecular formula is C34H57BrN2O5. The van der Waals surface area contributed by atoms with Gasteiger partial charge in [-0.1, -0.05) is 13.8 Å². The number of nitrogens with zero attached hydrogens (tertiary/aromatic N) is 2. The van der Waals surface area contributed by atoms with E-state index in [1.54, 1.807) is 13.8 Å². The number of carbonyl (C=O) groups is 2. The maximum atomic E-state index is 12.6. The molecule has 2 aliphatic heterocycles. The third-order valence-electron chi connectivity index (χ3n) is 13.6. The number of ether oxygens (including phenoxy) is 3. The molecule has 2 saturated heterocycles. The molecule has 2 heterocycles. The summed E-state index contributed by atoms with van der Waals surface area (Å²) in [6, 6.07) is 0.694. The van der Waals surface area contributed by atoms with Gasteiger partial charge in [-0.05, 0) is 93.3 Å². The van der Waals surface area contributed by atoms with Crippen molar-refractivity contribution in [3.05, 3.63) is 0 Å². The second kappa shape index (κ2) is 12.6. The van der Waals surface area contributed by atoms with Crippen molar-refractivity contribution in [2.24, 2.45) is 34.5 Å². The van der Waals surface area contributed by atoms with Crippen LogP contribution in [0.25, 0.3) is 0 Å². The zero-order valence-electron chi connectivity index (χ0n) is 27.0. The van der Waals surface area contributed by atoms with Crippen LogP contribution in [0.2, 0.25) is 0 Å². The van der Waals surface area contributed by atoms with Crippen molar-refractivity contribution in [3.63, 3.8) is 0 Å². The van der Waals surface area contributed by atoms with Crippen molar-refractivity contribution in [1.82, 2.24) is 4.90 Å². The van der Waals surface area contributed by atoms with Crippen LogP contribution in [0.5, 0.6) is 0 Å². The van der Waals surface area contributed by atoms with E-state index in [0.717, 1.165) is 50.0 Å². The van der Waals surface area contributed by atoms with Gasteiger partial charge in [0, 0.05) is 44.8 Å². The van der Waals surface area contributed by atoms with E-state index >= 15 is 0 Å². The number of morpholine rings is 1. The molecule has 7 nitrogen and oxygen atoms in total. The Bertz CT molecular complexity index is 981. The van der Waals surface area contributed by atoms with E-state index < -0.39 is 0 Å². The Kier molecular flexibility index (Phi) is 9.80. The molecule has 0 unspecified atom stereocenters. The number of likely N-dealkylation sites (tertiary alicyclic amines) is 1. The number of esters is 2. The molecule has 6 fully saturated rings. The highest BCUT2D eigenvalue weighted by molar-refractivity contribution is 5.66. The molecule has 4 saturated carbocycles. The second-order valence-electron chi connectivity index (χ2n) is 15.7. The Morgan fingerprint density at radius 3 is 2.17 bits per heavy atom. The molecule has 0 aromatic heterocycles. The van der Waals surface area contributed by atoms with Gasteiger partial charge in [-0.25, -0.2) is 0 Å². The summed E-state index contributed by atoms with van der Waals surface area (Å²) in [6.45, 7) is 14.1. The predicted octanol–water partition coefficient (Wildman–Crippen LogP) is 2.21. The standard InChI is InChI=1S/C34H57N2O5.BrH/c1-23(37)40-31-20-25-10-11-26-27(34(25,4)22-29(31)35-14-18-39-19-15-35)12-13-33(3)28(26)21-30(32(33)41-24(2)38)36(5)16-8-6-7-9-17-36;/h25-32H,6-22H2,1-5H3;1H/q+1;/p-1/t25-,26+,27-,28-,29-,30-,31-,32-,33-,34-;/m0./s1. The minimum atomic E-state index is -0.141. The lowest BCUT2D eigenvalue weighted by Gasteiger charge is -2.62. The van der Waals surface area contributed by atoms with Crippen LogP contribution in [0.4, 0.5) is 0 Å². The molecule has 0 spiro atoms. The summed E-state index contributed by atoms with van der Waals surface area (Å²) in [4.78, 5) is 27.3. The van der Waals surface area contributed by atoms with Crippen LogP contribution in [0.15, 0.2) is 0 Å². The molecule has 10 atom stereocenters. The number of hydrogen-bond donors (Lipinski definition) is 0. The predicted molar refractivity (Wildman–Crippen MR) is 158 cm³/mol. The largest absolute Gasteiger partial charge is 1.00 e. The first kappa shape index (κ1) is 32.7. The Balaban J connectivity index is 0.00000353. The molecule has 0 aromatic carbocycles. The van der Waals surface area contributed by atoms with Crippen LogP contribution in [0.3, 0.4) is 0 Å².